The number of hydrogen-bond acceptors (Lipinski definition) is 4. The second-order valence-electron chi connectivity index (χ2n) is 6.28. The van der Waals surface area contributed by atoms with Crippen molar-refractivity contribution in [3.63, 3.8) is 0 Å². The monoisotopic (exact) mass is 387 g/mol. The number of nitrogens with one attached hydrogen (secondary N) is 1. The van der Waals surface area contributed by atoms with E-state index in [1.165, 1.54) is 6.07 Å². The molecule has 27 heavy (non-hydrogen) atoms. The molecule has 2 aromatic carbocycles. The number of thioether (sulfide) groups is 1. The molecule has 0 saturated heterocycles. The largest absolute Gasteiger partial charge is 0.325 e. The fraction of sp³-hybridized carbons (Fsp3) is 0.211. The number of para-hydroxylation sites is 1. The van der Waals surface area contributed by atoms with Crippen LogP contribution in [0.4, 0.5) is 14.5 Å². The van der Waals surface area contributed by atoms with Crippen molar-refractivity contribution in [1.82, 2.24) is 9.55 Å². The summed E-state index contributed by atoms with van der Waals surface area (Å²) < 4.78 is 27.9. The zero-order valence-corrected chi connectivity index (χ0v) is 14.9. The predicted octanol–water partition coefficient (Wildman–Crippen LogP) is 3.74. The van der Waals surface area contributed by atoms with Crippen molar-refractivity contribution in [2.75, 3.05) is 11.1 Å². The number of aromatic nitrogens is 2. The van der Waals surface area contributed by atoms with E-state index in [1.54, 1.807) is 28.8 Å². The Hall–Kier alpha value is -2.74. The molecule has 1 heterocycles. The maximum atomic E-state index is 13.2. The molecule has 1 saturated carbocycles. The standard InChI is InChI=1S/C19H15F2N3O2S/c20-14-8-5-11(9-15(14)21)22-17(25)10-27-19-23-16-4-2-1-3-13(16)18(26)24(19)12-6-7-12/h1-5,8-9,12H,6-7,10H2,(H,22,25). The van der Waals surface area contributed by atoms with Crippen molar-refractivity contribution in [1.29, 1.82) is 0 Å². The van der Waals surface area contributed by atoms with Gasteiger partial charge in [0.15, 0.2) is 16.8 Å². The summed E-state index contributed by atoms with van der Waals surface area (Å²) in [6, 6.07) is 10.4. The average molecular weight is 387 g/mol. The fourth-order valence-electron chi connectivity index (χ4n) is 2.78. The van der Waals surface area contributed by atoms with E-state index in [-0.39, 0.29) is 23.0 Å². The lowest BCUT2D eigenvalue weighted by Gasteiger charge is -2.12. The Bertz CT molecular complexity index is 1100. The van der Waals surface area contributed by atoms with E-state index < -0.39 is 17.5 Å². The number of carbonyl (C=O) groups excluding carboxylic acids is 1. The minimum absolute atomic E-state index is 0.00348. The van der Waals surface area contributed by atoms with Gasteiger partial charge in [-0.15, -0.1) is 0 Å². The van der Waals surface area contributed by atoms with Crippen molar-refractivity contribution in [3.05, 3.63) is 64.5 Å². The molecule has 0 radical (unpaired) electrons. The van der Waals surface area contributed by atoms with Crippen LogP contribution in [0.15, 0.2) is 52.4 Å². The molecule has 0 aliphatic heterocycles. The van der Waals surface area contributed by atoms with Gasteiger partial charge in [-0.05, 0) is 37.1 Å². The molecule has 4 rings (SSSR count). The zero-order valence-electron chi connectivity index (χ0n) is 14.1. The minimum Gasteiger partial charge on any atom is -0.325 e. The molecular formula is C19H15F2N3O2S. The van der Waals surface area contributed by atoms with E-state index in [4.69, 9.17) is 0 Å². The highest BCUT2D eigenvalue weighted by molar-refractivity contribution is 7.99. The maximum absolute atomic E-state index is 13.2. The SMILES string of the molecule is O=C(CSc1nc2ccccc2c(=O)n1C1CC1)Nc1ccc(F)c(F)c1. The maximum Gasteiger partial charge on any atom is 0.262 e. The van der Waals surface area contributed by atoms with Crippen LogP contribution in [-0.4, -0.2) is 21.2 Å². The molecule has 1 aromatic heterocycles. The second-order valence-corrected chi connectivity index (χ2v) is 7.23. The number of carbonyl (C=O) groups is 1. The number of fused-ring (bicyclic) bond motifs is 1. The molecule has 138 valence electrons. The number of halogens is 2. The average Bonchev–Trinajstić information content (AvgIpc) is 3.48. The lowest BCUT2D eigenvalue weighted by Crippen LogP contribution is -2.23. The van der Waals surface area contributed by atoms with Crippen molar-refractivity contribution >= 4 is 34.3 Å². The van der Waals surface area contributed by atoms with E-state index in [0.717, 1.165) is 36.7 Å². The Kier molecular flexibility index (Phi) is 4.65. The number of rotatable bonds is 5. The van der Waals surface area contributed by atoms with Gasteiger partial charge in [-0.2, -0.15) is 0 Å². The summed E-state index contributed by atoms with van der Waals surface area (Å²) in [5, 5.41) is 3.56. The third kappa shape index (κ3) is 3.71. The first-order valence-corrected chi connectivity index (χ1v) is 9.40. The molecule has 3 aromatic rings. The van der Waals surface area contributed by atoms with Crippen LogP contribution >= 0.6 is 11.8 Å². The number of benzene rings is 2. The zero-order chi connectivity index (χ0) is 19.0. The van der Waals surface area contributed by atoms with Crippen molar-refractivity contribution in [2.24, 2.45) is 0 Å². The molecule has 1 aliphatic carbocycles. The predicted molar refractivity (Wildman–Crippen MR) is 100.0 cm³/mol. The Labute approximate surface area is 157 Å². The molecule has 0 unspecified atom stereocenters. The number of amides is 1. The first-order chi connectivity index (χ1) is 13.0. The first-order valence-electron chi connectivity index (χ1n) is 8.42. The van der Waals surface area contributed by atoms with E-state index >= 15 is 0 Å². The molecule has 0 bridgehead atoms. The van der Waals surface area contributed by atoms with E-state index in [1.807, 2.05) is 0 Å². The third-order valence-electron chi connectivity index (χ3n) is 4.22. The molecule has 8 heteroatoms. The van der Waals surface area contributed by atoms with Crippen LogP contribution in [0.3, 0.4) is 0 Å². The Morgan fingerprint density at radius 3 is 2.70 bits per heavy atom. The summed E-state index contributed by atoms with van der Waals surface area (Å²) in [6.07, 6.45) is 1.82. The highest BCUT2D eigenvalue weighted by Gasteiger charge is 2.28. The van der Waals surface area contributed by atoms with Crippen molar-refractivity contribution < 1.29 is 13.6 Å². The highest BCUT2D eigenvalue weighted by Crippen LogP contribution is 2.36. The van der Waals surface area contributed by atoms with Gasteiger partial charge in [-0.3, -0.25) is 14.2 Å². The summed E-state index contributed by atoms with van der Waals surface area (Å²) in [5.41, 5.74) is 0.653. The quantitative estimate of drug-likeness (QED) is 0.535. The topological polar surface area (TPSA) is 64.0 Å². The summed E-state index contributed by atoms with van der Waals surface area (Å²) in [7, 11) is 0. The van der Waals surface area contributed by atoms with Gasteiger partial charge >= 0.3 is 0 Å². The summed E-state index contributed by atoms with van der Waals surface area (Å²) in [5.74, 6) is -2.40. The third-order valence-corrected chi connectivity index (χ3v) is 5.18. The molecular weight excluding hydrogens is 372 g/mol. The smallest absolute Gasteiger partial charge is 0.262 e. The van der Waals surface area contributed by atoms with Crippen LogP contribution in [0.1, 0.15) is 18.9 Å². The van der Waals surface area contributed by atoms with Crippen LogP contribution in [0.2, 0.25) is 0 Å². The van der Waals surface area contributed by atoms with Crippen LogP contribution in [0.25, 0.3) is 10.9 Å². The Morgan fingerprint density at radius 1 is 1.19 bits per heavy atom. The van der Waals surface area contributed by atoms with Gasteiger partial charge in [0, 0.05) is 17.8 Å². The lowest BCUT2D eigenvalue weighted by atomic mass is 10.2. The lowest BCUT2D eigenvalue weighted by molar-refractivity contribution is -0.113. The second kappa shape index (κ2) is 7.11. The fourth-order valence-corrected chi connectivity index (χ4v) is 3.65. The molecule has 0 spiro atoms. The van der Waals surface area contributed by atoms with Crippen LogP contribution in [-0.2, 0) is 4.79 Å². The molecule has 1 aliphatic rings. The summed E-state index contributed by atoms with van der Waals surface area (Å²) >= 11 is 1.15. The van der Waals surface area contributed by atoms with E-state index in [0.29, 0.717) is 16.1 Å². The first kappa shape index (κ1) is 17.7. The van der Waals surface area contributed by atoms with E-state index in [9.17, 15) is 18.4 Å². The molecule has 1 amide bonds. The van der Waals surface area contributed by atoms with Gasteiger partial charge in [0.05, 0.1) is 16.7 Å². The van der Waals surface area contributed by atoms with Gasteiger partial charge in [0.2, 0.25) is 5.91 Å². The van der Waals surface area contributed by atoms with Crippen LogP contribution in [0, 0.1) is 11.6 Å². The van der Waals surface area contributed by atoms with Gasteiger partial charge in [-0.1, -0.05) is 23.9 Å². The Balaban J connectivity index is 1.54. The molecule has 1 N–H and O–H groups in total. The Morgan fingerprint density at radius 2 is 1.96 bits per heavy atom. The van der Waals surface area contributed by atoms with Crippen molar-refractivity contribution in [3.8, 4) is 0 Å². The van der Waals surface area contributed by atoms with Crippen molar-refractivity contribution in [2.45, 2.75) is 24.0 Å². The van der Waals surface area contributed by atoms with Gasteiger partial charge < -0.3 is 5.32 Å². The minimum atomic E-state index is -1.03. The summed E-state index contributed by atoms with van der Waals surface area (Å²) in [4.78, 5) is 29.5. The highest BCUT2D eigenvalue weighted by atomic mass is 32.2. The number of nitrogens with zero attached hydrogens (tertiary/aromatic N) is 2. The van der Waals surface area contributed by atoms with Crippen LogP contribution in [0.5, 0.6) is 0 Å². The number of anilines is 1. The molecule has 5 nitrogen and oxygen atoms in total. The van der Waals surface area contributed by atoms with Gasteiger partial charge in [0.1, 0.15) is 0 Å². The molecule has 1 fully saturated rings. The van der Waals surface area contributed by atoms with Crippen LogP contribution < -0.4 is 10.9 Å². The van der Waals surface area contributed by atoms with E-state index in [2.05, 4.69) is 10.3 Å². The normalized spacial score (nSPS) is 13.7. The number of hydrogen-bond donors (Lipinski definition) is 1. The van der Waals surface area contributed by atoms with Gasteiger partial charge in [0.25, 0.3) is 5.56 Å². The summed E-state index contributed by atoms with van der Waals surface area (Å²) in [6.45, 7) is 0. The van der Waals surface area contributed by atoms with Gasteiger partial charge in [-0.25, -0.2) is 13.8 Å². The molecule has 0 atom stereocenters.